The SMILES string of the molecule is Cn1cc(I)c(OCc2ccccc2)n1. The topological polar surface area (TPSA) is 27.1 Å². The van der Waals surface area contributed by atoms with Crippen LogP contribution in [0.1, 0.15) is 5.56 Å². The minimum atomic E-state index is 0.563. The molecule has 0 aliphatic carbocycles. The van der Waals surface area contributed by atoms with E-state index in [1.807, 2.05) is 43.6 Å². The summed E-state index contributed by atoms with van der Waals surface area (Å²) in [7, 11) is 1.89. The zero-order valence-electron chi connectivity index (χ0n) is 8.35. The Bertz CT molecular complexity index is 439. The average Bonchev–Trinajstić information content (AvgIpc) is 2.56. The number of aryl methyl sites for hydroxylation is 1. The summed E-state index contributed by atoms with van der Waals surface area (Å²) in [6, 6.07) is 10.1. The van der Waals surface area contributed by atoms with Crippen molar-refractivity contribution in [2.24, 2.45) is 7.05 Å². The maximum atomic E-state index is 5.60. The molecule has 0 saturated carbocycles. The van der Waals surface area contributed by atoms with Crippen molar-refractivity contribution in [3.05, 3.63) is 45.7 Å². The van der Waals surface area contributed by atoms with Gasteiger partial charge in [-0.1, -0.05) is 30.3 Å². The van der Waals surface area contributed by atoms with Gasteiger partial charge in [-0.25, -0.2) is 0 Å². The average molecular weight is 314 g/mol. The van der Waals surface area contributed by atoms with Crippen LogP contribution in [0, 0.1) is 3.57 Å². The standard InChI is InChI=1S/C11H11IN2O/c1-14-7-10(12)11(13-14)15-8-9-5-3-2-4-6-9/h2-7H,8H2,1H3. The van der Waals surface area contributed by atoms with E-state index < -0.39 is 0 Å². The smallest absolute Gasteiger partial charge is 0.246 e. The molecule has 0 unspecified atom stereocenters. The highest BCUT2D eigenvalue weighted by atomic mass is 127. The molecule has 1 aromatic carbocycles. The van der Waals surface area contributed by atoms with Gasteiger partial charge in [0.2, 0.25) is 5.88 Å². The molecule has 2 rings (SSSR count). The number of nitrogens with zero attached hydrogens (tertiary/aromatic N) is 2. The minimum Gasteiger partial charge on any atom is -0.471 e. The summed E-state index contributed by atoms with van der Waals surface area (Å²) >= 11 is 2.22. The summed E-state index contributed by atoms with van der Waals surface area (Å²) in [5.74, 6) is 0.696. The molecule has 0 amide bonds. The van der Waals surface area contributed by atoms with Gasteiger partial charge in [-0.3, -0.25) is 4.68 Å². The third kappa shape index (κ3) is 2.71. The Balaban J connectivity index is 2.02. The zero-order chi connectivity index (χ0) is 10.7. The Morgan fingerprint density at radius 1 is 1.33 bits per heavy atom. The first-order valence-corrected chi connectivity index (χ1v) is 5.69. The van der Waals surface area contributed by atoms with E-state index in [1.165, 1.54) is 0 Å². The molecule has 15 heavy (non-hydrogen) atoms. The molecule has 2 aromatic rings. The van der Waals surface area contributed by atoms with Crippen molar-refractivity contribution in [2.45, 2.75) is 6.61 Å². The van der Waals surface area contributed by atoms with Crippen molar-refractivity contribution >= 4 is 22.6 Å². The number of aromatic nitrogens is 2. The van der Waals surface area contributed by atoms with Gasteiger partial charge >= 0.3 is 0 Å². The van der Waals surface area contributed by atoms with Crippen LogP contribution in [0.4, 0.5) is 0 Å². The molecule has 0 saturated heterocycles. The summed E-state index contributed by atoms with van der Waals surface area (Å²) in [5, 5.41) is 4.21. The van der Waals surface area contributed by atoms with E-state index in [-0.39, 0.29) is 0 Å². The lowest BCUT2D eigenvalue weighted by Crippen LogP contribution is -1.97. The number of halogens is 1. The molecular formula is C11H11IN2O. The van der Waals surface area contributed by atoms with Crippen LogP contribution in [0.2, 0.25) is 0 Å². The minimum absolute atomic E-state index is 0.563. The molecule has 4 heteroatoms. The molecule has 1 heterocycles. The molecule has 3 nitrogen and oxygen atoms in total. The number of hydrogen-bond donors (Lipinski definition) is 0. The second kappa shape index (κ2) is 4.65. The fourth-order valence-electron chi connectivity index (χ4n) is 1.26. The van der Waals surface area contributed by atoms with Crippen molar-refractivity contribution in [1.29, 1.82) is 0 Å². The Hall–Kier alpha value is -1.04. The monoisotopic (exact) mass is 314 g/mol. The lowest BCUT2D eigenvalue weighted by Gasteiger charge is -2.02. The van der Waals surface area contributed by atoms with E-state index in [1.54, 1.807) is 4.68 Å². The van der Waals surface area contributed by atoms with Gasteiger partial charge < -0.3 is 4.74 Å². The van der Waals surface area contributed by atoms with Crippen LogP contribution in [0.15, 0.2) is 36.5 Å². The summed E-state index contributed by atoms with van der Waals surface area (Å²) in [6.07, 6.45) is 1.93. The Labute approximate surface area is 102 Å². The van der Waals surface area contributed by atoms with Gasteiger partial charge in [0.15, 0.2) is 0 Å². The highest BCUT2D eigenvalue weighted by molar-refractivity contribution is 14.1. The van der Waals surface area contributed by atoms with Gasteiger partial charge in [-0.15, -0.1) is 5.10 Å². The first kappa shape index (κ1) is 10.5. The normalized spacial score (nSPS) is 10.3. The largest absolute Gasteiger partial charge is 0.471 e. The summed E-state index contributed by atoms with van der Waals surface area (Å²) in [6.45, 7) is 0.563. The van der Waals surface area contributed by atoms with E-state index in [0.29, 0.717) is 12.5 Å². The molecule has 0 spiro atoms. The molecule has 0 fully saturated rings. The van der Waals surface area contributed by atoms with Crippen molar-refractivity contribution in [3.8, 4) is 5.88 Å². The predicted octanol–water partition coefficient (Wildman–Crippen LogP) is 2.60. The molecule has 0 bridgehead atoms. The molecule has 0 N–H and O–H groups in total. The summed E-state index contributed by atoms with van der Waals surface area (Å²) in [5.41, 5.74) is 1.15. The van der Waals surface area contributed by atoms with Crippen molar-refractivity contribution in [1.82, 2.24) is 9.78 Å². The number of hydrogen-bond acceptors (Lipinski definition) is 2. The van der Waals surface area contributed by atoms with E-state index in [0.717, 1.165) is 9.13 Å². The fraction of sp³-hybridized carbons (Fsp3) is 0.182. The molecule has 0 aliphatic heterocycles. The Morgan fingerprint density at radius 3 is 2.67 bits per heavy atom. The molecule has 0 atom stereocenters. The first-order valence-electron chi connectivity index (χ1n) is 4.61. The number of ether oxygens (including phenoxy) is 1. The second-order valence-electron chi connectivity index (χ2n) is 3.23. The van der Waals surface area contributed by atoms with Crippen LogP contribution in [-0.4, -0.2) is 9.78 Å². The van der Waals surface area contributed by atoms with Gasteiger partial charge in [-0.2, -0.15) is 0 Å². The molecule has 0 aliphatic rings. The van der Waals surface area contributed by atoms with Crippen molar-refractivity contribution in [2.75, 3.05) is 0 Å². The Morgan fingerprint density at radius 2 is 2.07 bits per heavy atom. The predicted molar refractivity (Wildman–Crippen MR) is 66.7 cm³/mol. The molecule has 0 radical (unpaired) electrons. The fourth-order valence-corrected chi connectivity index (χ4v) is 1.93. The van der Waals surface area contributed by atoms with Gasteiger partial charge in [0, 0.05) is 13.2 Å². The lowest BCUT2D eigenvalue weighted by atomic mass is 10.2. The van der Waals surface area contributed by atoms with Gasteiger partial charge in [-0.05, 0) is 28.2 Å². The maximum Gasteiger partial charge on any atom is 0.246 e. The van der Waals surface area contributed by atoms with E-state index in [9.17, 15) is 0 Å². The third-order valence-corrected chi connectivity index (χ3v) is 2.71. The van der Waals surface area contributed by atoms with Crippen LogP contribution in [-0.2, 0) is 13.7 Å². The number of rotatable bonds is 3. The van der Waals surface area contributed by atoms with Crippen LogP contribution >= 0.6 is 22.6 Å². The number of benzene rings is 1. The molecular weight excluding hydrogens is 303 g/mol. The first-order chi connectivity index (χ1) is 7.25. The molecule has 1 aromatic heterocycles. The third-order valence-electron chi connectivity index (χ3n) is 1.97. The maximum absolute atomic E-state index is 5.60. The van der Waals surface area contributed by atoms with Crippen LogP contribution < -0.4 is 4.74 Å². The van der Waals surface area contributed by atoms with Gasteiger partial charge in [0.25, 0.3) is 0 Å². The summed E-state index contributed by atoms with van der Waals surface area (Å²) in [4.78, 5) is 0. The van der Waals surface area contributed by atoms with E-state index in [2.05, 4.69) is 27.7 Å². The van der Waals surface area contributed by atoms with E-state index >= 15 is 0 Å². The molecule has 78 valence electrons. The highest BCUT2D eigenvalue weighted by Crippen LogP contribution is 2.18. The zero-order valence-corrected chi connectivity index (χ0v) is 10.5. The quantitative estimate of drug-likeness (QED) is 0.814. The van der Waals surface area contributed by atoms with Gasteiger partial charge in [0.05, 0.1) is 3.57 Å². The Kier molecular flexibility index (Phi) is 3.25. The van der Waals surface area contributed by atoms with Crippen LogP contribution in [0.3, 0.4) is 0 Å². The van der Waals surface area contributed by atoms with Crippen LogP contribution in [0.25, 0.3) is 0 Å². The van der Waals surface area contributed by atoms with Gasteiger partial charge in [0.1, 0.15) is 6.61 Å². The van der Waals surface area contributed by atoms with Crippen molar-refractivity contribution < 1.29 is 4.74 Å². The second-order valence-corrected chi connectivity index (χ2v) is 4.39. The van der Waals surface area contributed by atoms with E-state index in [4.69, 9.17) is 4.74 Å². The lowest BCUT2D eigenvalue weighted by molar-refractivity contribution is 0.289. The van der Waals surface area contributed by atoms with Crippen LogP contribution in [0.5, 0.6) is 5.88 Å². The summed E-state index contributed by atoms with van der Waals surface area (Å²) < 4.78 is 8.39. The highest BCUT2D eigenvalue weighted by Gasteiger charge is 2.05. The van der Waals surface area contributed by atoms with Crippen molar-refractivity contribution in [3.63, 3.8) is 0 Å².